The van der Waals surface area contributed by atoms with E-state index in [0.29, 0.717) is 37.4 Å². The fourth-order valence-corrected chi connectivity index (χ4v) is 3.08. The third-order valence-corrected chi connectivity index (χ3v) is 4.44. The summed E-state index contributed by atoms with van der Waals surface area (Å²) >= 11 is 8.21. The van der Waals surface area contributed by atoms with Crippen molar-refractivity contribution in [1.82, 2.24) is 21.3 Å². The number of hydrogen-bond donors (Lipinski definition) is 6. The molecule has 0 spiro atoms. The Kier molecular flexibility index (Phi) is 15.7. The van der Waals surface area contributed by atoms with Crippen LogP contribution in [0.3, 0.4) is 0 Å². The van der Waals surface area contributed by atoms with Crippen LogP contribution in [0.15, 0.2) is 0 Å². The lowest BCUT2D eigenvalue weighted by atomic mass is 10.1. The Morgan fingerprint density at radius 3 is 1.32 bits per heavy atom. The highest BCUT2D eigenvalue weighted by Crippen LogP contribution is 2.00. The molecule has 0 saturated heterocycles. The Balaban J connectivity index is 3.88. The minimum Gasteiger partial charge on any atom is -0.354 e. The first-order valence-corrected chi connectivity index (χ1v) is 10.9. The number of unbranched alkanes of at least 4 members (excludes halogenated alkanes) is 3. The van der Waals surface area contributed by atoms with Crippen molar-refractivity contribution in [3.63, 3.8) is 0 Å². The number of hydrogen-bond acceptors (Lipinski definition) is 6. The van der Waals surface area contributed by atoms with Crippen molar-refractivity contribution in [1.29, 1.82) is 0 Å². The Bertz CT molecular complexity index is 462. The molecule has 10 heteroatoms. The van der Waals surface area contributed by atoms with Gasteiger partial charge in [0.2, 0.25) is 23.6 Å². The maximum absolute atomic E-state index is 12.0. The highest BCUT2D eigenvalue weighted by molar-refractivity contribution is 7.80. The van der Waals surface area contributed by atoms with Gasteiger partial charge in [-0.25, -0.2) is 0 Å². The second-order valence-electron chi connectivity index (χ2n) is 6.53. The second-order valence-corrected chi connectivity index (χ2v) is 7.42. The molecule has 0 aliphatic carbocycles. The lowest BCUT2D eigenvalue weighted by molar-refractivity contribution is -0.128. The van der Waals surface area contributed by atoms with E-state index in [-0.39, 0.29) is 23.6 Å². The first kappa shape index (κ1) is 26.6. The lowest BCUT2D eigenvalue weighted by Gasteiger charge is -2.17. The van der Waals surface area contributed by atoms with E-state index in [4.69, 9.17) is 0 Å². The molecule has 0 radical (unpaired) electrons. The van der Waals surface area contributed by atoms with Crippen molar-refractivity contribution in [2.24, 2.45) is 0 Å². The van der Waals surface area contributed by atoms with Crippen LogP contribution in [0.25, 0.3) is 0 Å². The van der Waals surface area contributed by atoms with Gasteiger partial charge in [-0.3, -0.25) is 19.2 Å². The van der Waals surface area contributed by atoms with Crippen molar-refractivity contribution in [2.75, 3.05) is 24.6 Å². The van der Waals surface area contributed by atoms with E-state index in [0.717, 1.165) is 25.7 Å². The SMILES string of the molecule is CC(=O)NC(CCS)C(=O)NCCCCCCNC(=O)C(CCS)NC(C)=O. The summed E-state index contributed by atoms with van der Waals surface area (Å²) in [5, 5.41) is 10.9. The predicted octanol–water partition coefficient (Wildman–Crippen LogP) is 0.428. The molecule has 8 nitrogen and oxygen atoms in total. The summed E-state index contributed by atoms with van der Waals surface area (Å²) in [5.41, 5.74) is 0. The molecule has 0 aliphatic rings. The molecule has 0 aromatic carbocycles. The third kappa shape index (κ3) is 13.7. The van der Waals surface area contributed by atoms with E-state index in [2.05, 4.69) is 46.5 Å². The standard InChI is InChI=1S/C18H34N4O4S2/c1-13(23)21-15(7-11-27)17(25)19-9-5-3-4-6-10-20-18(26)16(8-12-28)22-14(2)24/h15-16,27-28H,3-12H2,1-2H3,(H,19,25)(H,20,26)(H,21,23)(H,22,24). The number of rotatable bonds is 15. The van der Waals surface area contributed by atoms with Gasteiger partial charge in [-0.2, -0.15) is 25.3 Å². The second kappa shape index (κ2) is 16.5. The van der Waals surface area contributed by atoms with Gasteiger partial charge in [0.05, 0.1) is 0 Å². The maximum atomic E-state index is 12.0. The van der Waals surface area contributed by atoms with Crippen LogP contribution in [0.4, 0.5) is 0 Å². The average Bonchev–Trinajstić information content (AvgIpc) is 2.62. The van der Waals surface area contributed by atoms with Crippen LogP contribution in [0.5, 0.6) is 0 Å². The van der Waals surface area contributed by atoms with Crippen molar-refractivity contribution in [3.8, 4) is 0 Å². The Labute approximate surface area is 178 Å². The van der Waals surface area contributed by atoms with E-state index >= 15 is 0 Å². The van der Waals surface area contributed by atoms with Crippen LogP contribution in [0.2, 0.25) is 0 Å². The summed E-state index contributed by atoms with van der Waals surface area (Å²) in [5.74, 6) is 0.175. The average molecular weight is 435 g/mol. The molecule has 0 rings (SSSR count). The van der Waals surface area contributed by atoms with Crippen LogP contribution in [-0.2, 0) is 19.2 Å². The molecular formula is C18H34N4O4S2. The Hall–Kier alpha value is -1.42. The lowest BCUT2D eigenvalue weighted by Crippen LogP contribution is -2.46. The minimum absolute atomic E-state index is 0.190. The minimum atomic E-state index is -0.543. The molecule has 0 fully saturated rings. The topological polar surface area (TPSA) is 116 Å². The Morgan fingerprint density at radius 1 is 0.679 bits per heavy atom. The Morgan fingerprint density at radius 2 is 1.04 bits per heavy atom. The zero-order valence-electron chi connectivity index (χ0n) is 16.8. The van der Waals surface area contributed by atoms with E-state index in [9.17, 15) is 19.2 Å². The molecular weight excluding hydrogens is 400 g/mol. The van der Waals surface area contributed by atoms with Gasteiger partial charge in [0.1, 0.15) is 12.1 Å². The van der Waals surface area contributed by atoms with Crippen molar-refractivity contribution in [2.45, 2.75) is 64.5 Å². The maximum Gasteiger partial charge on any atom is 0.242 e. The molecule has 2 unspecified atom stereocenters. The summed E-state index contributed by atoms with van der Waals surface area (Å²) < 4.78 is 0. The summed E-state index contributed by atoms with van der Waals surface area (Å²) in [6.07, 6.45) is 4.45. The zero-order chi connectivity index (χ0) is 21.4. The fraction of sp³-hybridized carbons (Fsp3) is 0.778. The first-order valence-electron chi connectivity index (χ1n) is 9.63. The van der Waals surface area contributed by atoms with Gasteiger partial charge in [-0.1, -0.05) is 12.8 Å². The highest BCUT2D eigenvalue weighted by atomic mass is 32.1. The molecule has 0 aromatic rings. The van der Waals surface area contributed by atoms with Gasteiger partial charge in [-0.05, 0) is 37.2 Å². The monoisotopic (exact) mass is 434 g/mol. The molecule has 28 heavy (non-hydrogen) atoms. The molecule has 0 aromatic heterocycles. The molecule has 0 aliphatic heterocycles. The number of thiol groups is 2. The molecule has 4 N–H and O–H groups in total. The predicted molar refractivity (Wildman–Crippen MR) is 117 cm³/mol. The van der Waals surface area contributed by atoms with Crippen molar-refractivity contribution < 1.29 is 19.2 Å². The van der Waals surface area contributed by atoms with Gasteiger partial charge in [-0.15, -0.1) is 0 Å². The highest BCUT2D eigenvalue weighted by Gasteiger charge is 2.18. The quantitative estimate of drug-likeness (QED) is 0.166. The number of amides is 4. The molecule has 4 amide bonds. The van der Waals surface area contributed by atoms with Crippen LogP contribution in [0.1, 0.15) is 52.4 Å². The largest absolute Gasteiger partial charge is 0.354 e. The summed E-state index contributed by atoms with van der Waals surface area (Å²) in [7, 11) is 0. The van der Waals surface area contributed by atoms with Gasteiger partial charge >= 0.3 is 0 Å². The van der Waals surface area contributed by atoms with Gasteiger partial charge in [0.25, 0.3) is 0 Å². The van der Waals surface area contributed by atoms with E-state index in [1.807, 2.05) is 0 Å². The molecule has 162 valence electrons. The smallest absolute Gasteiger partial charge is 0.242 e. The van der Waals surface area contributed by atoms with Crippen LogP contribution in [0, 0.1) is 0 Å². The van der Waals surface area contributed by atoms with E-state index in [1.165, 1.54) is 13.8 Å². The summed E-state index contributed by atoms with van der Waals surface area (Å²) in [6.45, 7) is 3.85. The molecule has 0 heterocycles. The van der Waals surface area contributed by atoms with Crippen LogP contribution < -0.4 is 21.3 Å². The van der Waals surface area contributed by atoms with Gasteiger partial charge < -0.3 is 21.3 Å². The third-order valence-electron chi connectivity index (χ3n) is 3.93. The summed E-state index contributed by atoms with van der Waals surface area (Å²) in [4.78, 5) is 46.3. The normalized spacial score (nSPS) is 12.6. The number of carbonyl (C=O) groups is 4. The molecule has 2 atom stereocenters. The van der Waals surface area contributed by atoms with Crippen LogP contribution in [-0.4, -0.2) is 60.3 Å². The van der Waals surface area contributed by atoms with Crippen molar-refractivity contribution in [3.05, 3.63) is 0 Å². The summed E-state index contributed by atoms with van der Waals surface area (Å²) in [6, 6.07) is -1.09. The van der Waals surface area contributed by atoms with E-state index < -0.39 is 12.1 Å². The fourth-order valence-electron chi connectivity index (χ4n) is 2.56. The van der Waals surface area contributed by atoms with Gasteiger partial charge in [0, 0.05) is 26.9 Å². The number of nitrogens with one attached hydrogen (secondary N) is 4. The molecule has 0 saturated carbocycles. The molecule has 0 bridgehead atoms. The number of carbonyl (C=O) groups excluding carboxylic acids is 4. The van der Waals surface area contributed by atoms with Gasteiger partial charge in [0.15, 0.2) is 0 Å². The first-order chi connectivity index (χ1) is 13.3. The van der Waals surface area contributed by atoms with E-state index in [1.54, 1.807) is 0 Å². The zero-order valence-corrected chi connectivity index (χ0v) is 18.5. The van der Waals surface area contributed by atoms with Crippen molar-refractivity contribution >= 4 is 48.9 Å². The van der Waals surface area contributed by atoms with Crippen LogP contribution >= 0.6 is 25.3 Å².